The molecule has 0 bridgehead atoms. The molecule has 2 N–H and O–H groups in total. The van der Waals surface area contributed by atoms with Crippen molar-refractivity contribution < 1.29 is 9.26 Å². The zero-order valence-corrected chi connectivity index (χ0v) is 11.7. The average Bonchev–Trinajstić information content (AvgIpc) is 3.02. The minimum atomic E-state index is -0.332. The third kappa shape index (κ3) is 2.76. The second kappa shape index (κ2) is 5.99. The quantitative estimate of drug-likeness (QED) is 0.773. The van der Waals surface area contributed by atoms with Crippen LogP contribution in [0.5, 0.6) is 0 Å². The maximum Gasteiger partial charge on any atom is 0.244 e. The maximum atomic E-state index is 5.99. The molecule has 3 rings (SSSR count). The Balaban J connectivity index is 1.95. The number of fused-ring (bicyclic) bond motifs is 1. The number of hydrogen-bond acceptors (Lipinski definition) is 6. The summed E-state index contributed by atoms with van der Waals surface area (Å²) in [6.45, 7) is 0.547. The molecule has 0 aliphatic carbocycles. The molecule has 0 radical (unpaired) electrons. The molecule has 6 heteroatoms. The molecule has 1 unspecified atom stereocenters. The molecule has 2 aromatic heterocycles. The van der Waals surface area contributed by atoms with Gasteiger partial charge in [-0.05, 0) is 17.9 Å². The monoisotopic (exact) mass is 284 g/mol. The molecule has 0 fully saturated rings. The van der Waals surface area contributed by atoms with Crippen LogP contribution in [0.15, 0.2) is 41.1 Å². The van der Waals surface area contributed by atoms with Crippen molar-refractivity contribution in [2.24, 2.45) is 5.73 Å². The summed E-state index contributed by atoms with van der Waals surface area (Å²) in [4.78, 5) is 8.72. The maximum absolute atomic E-state index is 5.99. The first-order chi connectivity index (χ1) is 10.3. The van der Waals surface area contributed by atoms with Crippen LogP contribution in [-0.2, 0) is 4.74 Å². The Morgan fingerprint density at radius 2 is 2.14 bits per heavy atom. The van der Waals surface area contributed by atoms with Crippen LogP contribution in [0.3, 0.4) is 0 Å². The lowest BCUT2D eigenvalue weighted by atomic mass is 10.1. The molecule has 0 spiro atoms. The molecule has 1 aromatic carbocycles. The van der Waals surface area contributed by atoms with E-state index in [2.05, 4.69) is 15.1 Å². The lowest BCUT2D eigenvalue weighted by Crippen LogP contribution is -2.13. The fourth-order valence-corrected chi connectivity index (χ4v) is 2.15. The van der Waals surface area contributed by atoms with Crippen LogP contribution in [0.4, 0.5) is 0 Å². The molecule has 21 heavy (non-hydrogen) atoms. The van der Waals surface area contributed by atoms with Gasteiger partial charge in [0.05, 0.1) is 6.04 Å². The largest absolute Gasteiger partial charge is 0.385 e. The van der Waals surface area contributed by atoms with Gasteiger partial charge in [-0.3, -0.25) is 4.98 Å². The topological polar surface area (TPSA) is 87.1 Å². The van der Waals surface area contributed by atoms with Gasteiger partial charge in [0.15, 0.2) is 0 Å². The number of benzene rings is 1. The second-order valence-electron chi connectivity index (χ2n) is 4.72. The van der Waals surface area contributed by atoms with E-state index in [-0.39, 0.29) is 6.04 Å². The average molecular weight is 284 g/mol. The smallest absolute Gasteiger partial charge is 0.244 e. The summed E-state index contributed by atoms with van der Waals surface area (Å²) in [5.41, 5.74) is 6.68. The van der Waals surface area contributed by atoms with Crippen LogP contribution in [-0.4, -0.2) is 28.8 Å². The first-order valence-corrected chi connectivity index (χ1v) is 6.72. The van der Waals surface area contributed by atoms with Gasteiger partial charge in [0, 0.05) is 25.3 Å². The molecule has 0 aliphatic rings. The fourth-order valence-electron chi connectivity index (χ4n) is 2.15. The summed E-state index contributed by atoms with van der Waals surface area (Å²) in [5, 5.41) is 6.06. The molecule has 0 saturated heterocycles. The number of rotatable bonds is 5. The van der Waals surface area contributed by atoms with E-state index in [0.717, 1.165) is 10.8 Å². The van der Waals surface area contributed by atoms with Gasteiger partial charge in [-0.1, -0.05) is 29.4 Å². The number of aromatic nitrogens is 3. The summed E-state index contributed by atoms with van der Waals surface area (Å²) in [7, 11) is 1.63. The molecular weight excluding hydrogens is 268 g/mol. The Bertz CT molecular complexity index is 736. The van der Waals surface area contributed by atoms with Gasteiger partial charge in [0.1, 0.15) is 5.69 Å². The Morgan fingerprint density at radius 1 is 1.29 bits per heavy atom. The van der Waals surface area contributed by atoms with Gasteiger partial charge < -0.3 is 15.0 Å². The highest BCUT2D eigenvalue weighted by Gasteiger charge is 2.17. The number of nitrogens with two attached hydrogens (primary N) is 1. The number of ether oxygens (including phenoxy) is 1. The lowest BCUT2D eigenvalue weighted by molar-refractivity contribution is 0.182. The van der Waals surface area contributed by atoms with Crippen LogP contribution >= 0.6 is 0 Å². The number of pyridine rings is 1. The van der Waals surface area contributed by atoms with E-state index in [4.69, 9.17) is 15.0 Å². The zero-order valence-electron chi connectivity index (χ0n) is 11.7. The molecule has 0 amide bonds. The molecular formula is C15H16N4O2. The van der Waals surface area contributed by atoms with Crippen molar-refractivity contribution in [2.75, 3.05) is 13.7 Å². The molecule has 1 atom stereocenters. The van der Waals surface area contributed by atoms with E-state index in [0.29, 0.717) is 30.4 Å². The van der Waals surface area contributed by atoms with Gasteiger partial charge in [0.25, 0.3) is 0 Å². The number of hydrogen-bond donors (Lipinski definition) is 1. The summed E-state index contributed by atoms with van der Waals surface area (Å²) in [5.74, 6) is 0.853. The summed E-state index contributed by atoms with van der Waals surface area (Å²) in [6, 6.07) is 9.56. The molecule has 2 heterocycles. The standard InChI is InChI=1S/C15H16N4O2/c1-20-9-7-12(16)15-18-14(19-21-15)13-11-5-3-2-4-10(11)6-8-17-13/h2-6,8,12H,7,9,16H2,1H3. The molecule has 3 aromatic rings. The molecule has 6 nitrogen and oxygen atoms in total. The van der Waals surface area contributed by atoms with Crippen molar-refractivity contribution in [1.82, 2.24) is 15.1 Å². The third-order valence-corrected chi connectivity index (χ3v) is 3.28. The number of methoxy groups -OCH3 is 1. The van der Waals surface area contributed by atoms with Gasteiger partial charge in [-0.15, -0.1) is 0 Å². The van der Waals surface area contributed by atoms with Crippen LogP contribution in [0.1, 0.15) is 18.4 Å². The SMILES string of the molecule is COCCC(N)c1nc(-c2nccc3ccccc23)no1. The first kappa shape index (κ1) is 13.7. The fraction of sp³-hybridized carbons (Fsp3) is 0.267. The van der Waals surface area contributed by atoms with E-state index in [1.165, 1.54) is 0 Å². The normalized spacial score (nSPS) is 12.7. The first-order valence-electron chi connectivity index (χ1n) is 6.72. The van der Waals surface area contributed by atoms with Gasteiger partial charge in [0.2, 0.25) is 11.7 Å². The minimum absolute atomic E-state index is 0.332. The summed E-state index contributed by atoms with van der Waals surface area (Å²) in [6.07, 6.45) is 2.36. The highest BCUT2D eigenvalue weighted by Crippen LogP contribution is 2.25. The van der Waals surface area contributed by atoms with Gasteiger partial charge >= 0.3 is 0 Å². The van der Waals surface area contributed by atoms with Crippen LogP contribution in [0.2, 0.25) is 0 Å². The second-order valence-corrected chi connectivity index (χ2v) is 4.72. The molecule has 0 saturated carbocycles. The van der Waals surface area contributed by atoms with Crippen molar-refractivity contribution in [3.05, 3.63) is 42.4 Å². The lowest BCUT2D eigenvalue weighted by Gasteiger charge is -2.04. The minimum Gasteiger partial charge on any atom is -0.385 e. The summed E-state index contributed by atoms with van der Waals surface area (Å²) >= 11 is 0. The Kier molecular flexibility index (Phi) is 3.89. The van der Waals surface area contributed by atoms with Crippen molar-refractivity contribution >= 4 is 10.8 Å². The number of nitrogens with zero attached hydrogens (tertiary/aromatic N) is 3. The van der Waals surface area contributed by atoms with E-state index >= 15 is 0 Å². The van der Waals surface area contributed by atoms with E-state index in [9.17, 15) is 0 Å². The summed E-state index contributed by atoms with van der Waals surface area (Å²) < 4.78 is 10.2. The third-order valence-electron chi connectivity index (χ3n) is 3.28. The molecule has 108 valence electrons. The van der Waals surface area contributed by atoms with E-state index in [1.54, 1.807) is 13.3 Å². The Labute approximate surface area is 121 Å². The van der Waals surface area contributed by atoms with Gasteiger partial charge in [-0.2, -0.15) is 4.98 Å². The van der Waals surface area contributed by atoms with Crippen LogP contribution in [0.25, 0.3) is 22.3 Å². The molecule has 0 aliphatic heterocycles. The van der Waals surface area contributed by atoms with Gasteiger partial charge in [-0.25, -0.2) is 0 Å². The Hall–Kier alpha value is -2.31. The van der Waals surface area contributed by atoms with Crippen molar-refractivity contribution in [2.45, 2.75) is 12.5 Å². The highest BCUT2D eigenvalue weighted by atomic mass is 16.5. The predicted octanol–water partition coefficient (Wildman–Crippen LogP) is 2.32. The van der Waals surface area contributed by atoms with E-state index < -0.39 is 0 Å². The Morgan fingerprint density at radius 3 is 3.00 bits per heavy atom. The predicted molar refractivity (Wildman–Crippen MR) is 78.5 cm³/mol. The highest BCUT2D eigenvalue weighted by molar-refractivity contribution is 5.92. The van der Waals surface area contributed by atoms with E-state index in [1.807, 2.05) is 30.3 Å². The van der Waals surface area contributed by atoms with Crippen molar-refractivity contribution in [3.63, 3.8) is 0 Å². The van der Waals surface area contributed by atoms with Crippen LogP contribution < -0.4 is 5.73 Å². The van der Waals surface area contributed by atoms with Crippen molar-refractivity contribution in [3.8, 4) is 11.5 Å². The van der Waals surface area contributed by atoms with Crippen molar-refractivity contribution in [1.29, 1.82) is 0 Å². The van der Waals surface area contributed by atoms with Crippen LogP contribution in [0, 0.1) is 0 Å². The zero-order chi connectivity index (χ0) is 14.7.